The normalized spacial score (nSPS) is 18.9. The van der Waals surface area contributed by atoms with Gasteiger partial charge in [-0.1, -0.05) is 18.2 Å². The van der Waals surface area contributed by atoms with Crippen molar-refractivity contribution < 1.29 is 33.1 Å². The first-order valence-corrected chi connectivity index (χ1v) is 11.6. The molecule has 34 heavy (non-hydrogen) atoms. The molecule has 0 aliphatic carbocycles. The fraction of sp³-hybridized carbons (Fsp3) is 0.520. The molecule has 2 aromatic carbocycles. The molecule has 0 saturated carbocycles. The average molecular weight is 469 g/mol. The van der Waals surface area contributed by atoms with E-state index in [2.05, 4.69) is 0 Å². The maximum Gasteiger partial charge on any atom is 0.495 e. The van der Waals surface area contributed by atoms with E-state index in [9.17, 15) is 9.59 Å². The standard InChI is InChI=1S/C25H32BNO7/c1-24(2)25(3,4)34-26(33-24)20-10-9-19-21-17(20)7-6-8-18(21)22(28)27(23(19)29)11-12-31-15-16-32-14-13-30-5/h6-10H,11-16H2,1-5H3. The number of hydrogen-bond donors (Lipinski definition) is 0. The Morgan fingerprint density at radius 2 is 1.41 bits per heavy atom. The minimum Gasteiger partial charge on any atom is -0.399 e. The van der Waals surface area contributed by atoms with Crippen LogP contribution in [0.4, 0.5) is 0 Å². The Morgan fingerprint density at radius 3 is 2.06 bits per heavy atom. The summed E-state index contributed by atoms with van der Waals surface area (Å²) in [7, 11) is 1.03. The smallest absolute Gasteiger partial charge is 0.399 e. The van der Waals surface area contributed by atoms with Crippen molar-refractivity contribution in [2.75, 3.05) is 46.7 Å². The third-order valence-electron chi connectivity index (χ3n) is 6.80. The van der Waals surface area contributed by atoms with Gasteiger partial charge in [0.25, 0.3) is 11.8 Å². The molecule has 8 nitrogen and oxygen atoms in total. The molecule has 0 spiro atoms. The summed E-state index contributed by atoms with van der Waals surface area (Å²) in [5, 5.41) is 1.44. The molecule has 1 fully saturated rings. The highest BCUT2D eigenvalue weighted by molar-refractivity contribution is 6.65. The van der Waals surface area contributed by atoms with E-state index in [0.29, 0.717) is 42.9 Å². The van der Waals surface area contributed by atoms with Crippen molar-refractivity contribution in [3.8, 4) is 0 Å². The number of methoxy groups -OCH3 is 1. The van der Waals surface area contributed by atoms with Crippen LogP contribution in [0.3, 0.4) is 0 Å². The van der Waals surface area contributed by atoms with Crippen molar-refractivity contribution in [1.82, 2.24) is 4.90 Å². The van der Waals surface area contributed by atoms with Crippen LogP contribution in [-0.2, 0) is 23.5 Å². The van der Waals surface area contributed by atoms with Crippen molar-refractivity contribution >= 4 is 35.2 Å². The van der Waals surface area contributed by atoms with Gasteiger partial charge in [-0.25, -0.2) is 0 Å². The molecular weight excluding hydrogens is 437 g/mol. The van der Waals surface area contributed by atoms with Gasteiger partial charge in [0.1, 0.15) is 0 Å². The monoisotopic (exact) mass is 469 g/mol. The second kappa shape index (κ2) is 9.75. The van der Waals surface area contributed by atoms with E-state index in [-0.39, 0.29) is 25.0 Å². The maximum atomic E-state index is 13.2. The van der Waals surface area contributed by atoms with Crippen molar-refractivity contribution in [3.05, 3.63) is 41.5 Å². The molecule has 0 unspecified atom stereocenters. The molecular formula is C25H32BNO7. The molecule has 1 saturated heterocycles. The number of nitrogens with zero attached hydrogens (tertiary/aromatic N) is 1. The summed E-state index contributed by atoms with van der Waals surface area (Å²) in [6.45, 7) is 10.2. The van der Waals surface area contributed by atoms with Crippen molar-refractivity contribution in [2.45, 2.75) is 38.9 Å². The van der Waals surface area contributed by atoms with Gasteiger partial charge in [-0.2, -0.15) is 0 Å². The highest BCUT2D eigenvalue weighted by Gasteiger charge is 2.52. The van der Waals surface area contributed by atoms with E-state index in [4.69, 9.17) is 23.5 Å². The van der Waals surface area contributed by atoms with Crippen LogP contribution in [-0.4, -0.2) is 81.7 Å². The van der Waals surface area contributed by atoms with Crippen LogP contribution >= 0.6 is 0 Å². The molecule has 0 radical (unpaired) electrons. The van der Waals surface area contributed by atoms with E-state index in [1.165, 1.54) is 4.90 Å². The van der Waals surface area contributed by atoms with E-state index < -0.39 is 18.3 Å². The Labute approximate surface area is 200 Å². The fourth-order valence-corrected chi connectivity index (χ4v) is 4.17. The summed E-state index contributed by atoms with van der Waals surface area (Å²) in [5.74, 6) is -0.650. The molecule has 0 N–H and O–H groups in total. The van der Waals surface area contributed by atoms with Gasteiger partial charge in [-0.3, -0.25) is 14.5 Å². The summed E-state index contributed by atoms with van der Waals surface area (Å²) in [4.78, 5) is 27.7. The number of ether oxygens (including phenoxy) is 3. The van der Waals surface area contributed by atoms with Gasteiger partial charge < -0.3 is 23.5 Å². The van der Waals surface area contributed by atoms with Gasteiger partial charge in [0, 0.05) is 23.6 Å². The number of imide groups is 1. The SMILES string of the molecule is COCCOCCOCCN1C(=O)c2cccc3c(B4OC(C)(C)C(C)(C)O4)ccc(c23)C1=O. The molecule has 0 atom stereocenters. The van der Waals surface area contributed by atoms with Gasteiger partial charge in [0.15, 0.2) is 0 Å². The molecule has 2 heterocycles. The predicted octanol–water partition coefficient (Wildman–Crippen LogP) is 2.41. The van der Waals surface area contributed by atoms with Crippen LogP contribution in [0.25, 0.3) is 10.8 Å². The highest BCUT2D eigenvalue weighted by atomic mass is 16.7. The summed E-state index contributed by atoms with van der Waals surface area (Å²) < 4.78 is 28.3. The Kier molecular flexibility index (Phi) is 7.12. The zero-order chi connectivity index (χ0) is 24.5. The van der Waals surface area contributed by atoms with Crippen LogP contribution in [0.15, 0.2) is 30.3 Å². The van der Waals surface area contributed by atoms with Gasteiger partial charge in [-0.05, 0) is 50.7 Å². The van der Waals surface area contributed by atoms with E-state index in [1.807, 2.05) is 45.9 Å². The maximum absolute atomic E-state index is 13.2. The second-order valence-corrected chi connectivity index (χ2v) is 9.50. The number of amides is 2. The van der Waals surface area contributed by atoms with Gasteiger partial charge in [0.2, 0.25) is 0 Å². The Bertz CT molecular complexity index is 1050. The molecule has 182 valence electrons. The van der Waals surface area contributed by atoms with E-state index in [1.54, 1.807) is 19.2 Å². The third-order valence-corrected chi connectivity index (χ3v) is 6.80. The first-order chi connectivity index (χ1) is 16.2. The van der Waals surface area contributed by atoms with Crippen LogP contribution in [0.5, 0.6) is 0 Å². The molecule has 9 heteroatoms. The lowest BCUT2D eigenvalue weighted by molar-refractivity contribution is 0.00578. The lowest BCUT2D eigenvalue weighted by atomic mass is 9.74. The third kappa shape index (κ3) is 4.51. The van der Waals surface area contributed by atoms with E-state index >= 15 is 0 Å². The number of carbonyl (C=O) groups excluding carboxylic acids is 2. The Morgan fingerprint density at radius 1 is 0.824 bits per heavy atom. The Hall–Kier alpha value is -2.30. The zero-order valence-electron chi connectivity index (χ0n) is 20.5. The summed E-state index contributed by atoms with van der Waals surface area (Å²) in [5.41, 5.74) is 0.815. The van der Waals surface area contributed by atoms with Gasteiger partial charge in [0.05, 0.1) is 50.8 Å². The average Bonchev–Trinajstić information content (AvgIpc) is 3.02. The summed E-state index contributed by atoms with van der Waals surface area (Å²) in [6, 6.07) is 9.12. The minimum absolute atomic E-state index is 0.171. The minimum atomic E-state index is -0.586. The van der Waals surface area contributed by atoms with Crippen LogP contribution in [0.2, 0.25) is 0 Å². The first kappa shape index (κ1) is 24.8. The lowest BCUT2D eigenvalue weighted by Gasteiger charge is -2.32. The van der Waals surface area contributed by atoms with Crippen LogP contribution < -0.4 is 5.46 Å². The number of hydrogen-bond acceptors (Lipinski definition) is 7. The second-order valence-electron chi connectivity index (χ2n) is 9.50. The number of rotatable bonds is 10. The lowest BCUT2D eigenvalue weighted by Crippen LogP contribution is -2.43. The molecule has 2 aliphatic heterocycles. The summed E-state index contributed by atoms with van der Waals surface area (Å²) >= 11 is 0. The van der Waals surface area contributed by atoms with Crippen molar-refractivity contribution in [1.29, 1.82) is 0 Å². The predicted molar refractivity (Wildman–Crippen MR) is 129 cm³/mol. The molecule has 2 aromatic rings. The van der Waals surface area contributed by atoms with Crippen LogP contribution in [0.1, 0.15) is 48.4 Å². The number of carbonyl (C=O) groups is 2. The van der Waals surface area contributed by atoms with E-state index in [0.717, 1.165) is 10.8 Å². The fourth-order valence-electron chi connectivity index (χ4n) is 4.17. The van der Waals surface area contributed by atoms with Gasteiger partial charge in [-0.15, -0.1) is 0 Å². The molecule has 0 bridgehead atoms. The number of benzene rings is 2. The highest BCUT2D eigenvalue weighted by Crippen LogP contribution is 2.38. The largest absolute Gasteiger partial charge is 0.495 e. The molecule has 4 rings (SSSR count). The summed E-state index contributed by atoms with van der Waals surface area (Å²) in [6.07, 6.45) is 0. The molecule has 2 aliphatic rings. The molecule has 2 amide bonds. The Balaban J connectivity index is 1.51. The van der Waals surface area contributed by atoms with Crippen molar-refractivity contribution in [2.24, 2.45) is 0 Å². The van der Waals surface area contributed by atoms with Crippen LogP contribution in [0, 0.1) is 0 Å². The van der Waals surface area contributed by atoms with Crippen molar-refractivity contribution in [3.63, 3.8) is 0 Å². The van der Waals surface area contributed by atoms with Gasteiger partial charge >= 0.3 is 7.12 Å². The zero-order valence-corrected chi connectivity index (χ0v) is 20.5. The topological polar surface area (TPSA) is 83.5 Å². The quantitative estimate of drug-likeness (QED) is 0.300. The first-order valence-electron chi connectivity index (χ1n) is 11.6. The molecule has 0 aromatic heterocycles.